The number of nitrogens with two attached hydrogens (primary N) is 2. The Morgan fingerprint density at radius 3 is 2.25 bits per heavy atom. The lowest BCUT2D eigenvalue weighted by Crippen LogP contribution is -1.86. The van der Waals surface area contributed by atoms with Gasteiger partial charge in [-0.1, -0.05) is 0 Å². The van der Waals surface area contributed by atoms with Crippen LogP contribution in [0, 0.1) is 6.92 Å². The summed E-state index contributed by atoms with van der Waals surface area (Å²) in [5, 5.41) is 0.725. The first-order valence-electron chi connectivity index (χ1n) is 2.31. The third-order valence-corrected chi connectivity index (χ3v) is 1.81. The standard InChI is InChI=1S/C5H8N2S/c1-3-2-4(6)5(7)8-3/h2H,6-7H2,1H3. The first-order valence-corrected chi connectivity index (χ1v) is 3.13. The van der Waals surface area contributed by atoms with Gasteiger partial charge in [-0.3, -0.25) is 0 Å². The lowest BCUT2D eigenvalue weighted by molar-refractivity contribution is 1.64. The van der Waals surface area contributed by atoms with Gasteiger partial charge >= 0.3 is 0 Å². The van der Waals surface area contributed by atoms with Crippen molar-refractivity contribution in [1.29, 1.82) is 0 Å². The van der Waals surface area contributed by atoms with Crippen LogP contribution in [0.15, 0.2) is 6.07 Å². The monoisotopic (exact) mass is 128 g/mol. The van der Waals surface area contributed by atoms with E-state index in [0.717, 1.165) is 5.00 Å². The summed E-state index contributed by atoms with van der Waals surface area (Å²) >= 11 is 1.52. The van der Waals surface area contributed by atoms with Crippen molar-refractivity contribution in [3.05, 3.63) is 10.9 Å². The summed E-state index contributed by atoms with van der Waals surface area (Å²) in [7, 11) is 0. The van der Waals surface area contributed by atoms with Crippen molar-refractivity contribution < 1.29 is 0 Å². The molecule has 1 rings (SSSR count). The van der Waals surface area contributed by atoms with Gasteiger partial charge in [0.2, 0.25) is 0 Å². The molecule has 0 unspecified atom stereocenters. The van der Waals surface area contributed by atoms with Gasteiger partial charge in [0.1, 0.15) is 5.00 Å². The van der Waals surface area contributed by atoms with Gasteiger partial charge < -0.3 is 11.5 Å². The van der Waals surface area contributed by atoms with E-state index in [1.54, 1.807) is 0 Å². The SMILES string of the molecule is Cc1cc(N)c(N)s1. The van der Waals surface area contributed by atoms with Crippen molar-refractivity contribution in [2.24, 2.45) is 0 Å². The molecule has 0 radical (unpaired) electrons. The molecule has 0 spiro atoms. The molecule has 2 nitrogen and oxygen atoms in total. The summed E-state index contributed by atoms with van der Waals surface area (Å²) in [5.74, 6) is 0. The summed E-state index contributed by atoms with van der Waals surface area (Å²) in [6.45, 7) is 1.98. The first-order chi connectivity index (χ1) is 3.70. The van der Waals surface area contributed by atoms with Crippen molar-refractivity contribution in [3.8, 4) is 0 Å². The molecule has 8 heavy (non-hydrogen) atoms. The van der Waals surface area contributed by atoms with Crippen LogP contribution in [0.25, 0.3) is 0 Å². The second-order valence-electron chi connectivity index (χ2n) is 1.68. The molecule has 0 amide bonds. The summed E-state index contributed by atoms with van der Waals surface area (Å²) in [6, 6.07) is 1.88. The molecule has 0 aliphatic rings. The molecule has 0 atom stereocenters. The van der Waals surface area contributed by atoms with Crippen LogP contribution in [-0.2, 0) is 0 Å². The average Bonchev–Trinajstić information content (AvgIpc) is 1.85. The number of aryl methyl sites for hydroxylation is 1. The Kier molecular flexibility index (Phi) is 1.13. The zero-order valence-corrected chi connectivity index (χ0v) is 5.46. The fraction of sp³-hybridized carbons (Fsp3) is 0.200. The molecular weight excluding hydrogens is 120 g/mol. The summed E-state index contributed by atoms with van der Waals surface area (Å²) in [6.07, 6.45) is 0. The van der Waals surface area contributed by atoms with Crippen LogP contribution < -0.4 is 11.5 Å². The van der Waals surface area contributed by atoms with Crippen LogP contribution in [0.3, 0.4) is 0 Å². The van der Waals surface area contributed by atoms with Crippen LogP contribution in [0.2, 0.25) is 0 Å². The van der Waals surface area contributed by atoms with Crippen LogP contribution in [0.5, 0.6) is 0 Å². The topological polar surface area (TPSA) is 52.0 Å². The lowest BCUT2D eigenvalue weighted by atomic mass is 10.4. The Morgan fingerprint density at radius 1 is 1.50 bits per heavy atom. The van der Waals surface area contributed by atoms with Gasteiger partial charge in [-0.15, -0.1) is 11.3 Å². The number of rotatable bonds is 0. The van der Waals surface area contributed by atoms with E-state index in [1.165, 1.54) is 16.2 Å². The zero-order chi connectivity index (χ0) is 6.15. The number of hydrogen-bond acceptors (Lipinski definition) is 3. The van der Waals surface area contributed by atoms with Gasteiger partial charge in [0.25, 0.3) is 0 Å². The molecule has 0 aliphatic heterocycles. The van der Waals surface area contributed by atoms with Crippen LogP contribution in [0.1, 0.15) is 4.88 Å². The normalized spacial score (nSPS) is 9.62. The summed E-state index contributed by atoms with van der Waals surface area (Å²) < 4.78 is 0. The predicted molar refractivity (Wildman–Crippen MR) is 37.9 cm³/mol. The summed E-state index contributed by atoms with van der Waals surface area (Å²) in [5.41, 5.74) is 11.6. The number of nitrogen functional groups attached to an aromatic ring is 2. The van der Waals surface area contributed by atoms with Gasteiger partial charge in [0.05, 0.1) is 5.69 Å². The largest absolute Gasteiger partial charge is 0.396 e. The highest BCUT2D eigenvalue weighted by Crippen LogP contribution is 2.25. The maximum atomic E-state index is 5.43. The van der Waals surface area contributed by atoms with Crippen molar-refractivity contribution in [1.82, 2.24) is 0 Å². The molecule has 3 heteroatoms. The Hall–Kier alpha value is -0.700. The quantitative estimate of drug-likeness (QED) is 0.552. The van der Waals surface area contributed by atoms with Crippen molar-refractivity contribution in [3.63, 3.8) is 0 Å². The van der Waals surface area contributed by atoms with Gasteiger partial charge in [0.15, 0.2) is 0 Å². The fourth-order valence-corrected chi connectivity index (χ4v) is 1.26. The zero-order valence-electron chi connectivity index (χ0n) is 4.64. The third kappa shape index (κ3) is 0.767. The second-order valence-corrected chi connectivity index (χ2v) is 2.96. The molecule has 0 aromatic carbocycles. The molecule has 44 valence electrons. The van der Waals surface area contributed by atoms with E-state index >= 15 is 0 Å². The maximum absolute atomic E-state index is 5.43. The van der Waals surface area contributed by atoms with E-state index in [9.17, 15) is 0 Å². The molecule has 0 aliphatic carbocycles. The minimum Gasteiger partial charge on any atom is -0.396 e. The minimum absolute atomic E-state index is 0.701. The summed E-state index contributed by atoms with van der Waals surface area (Å²) in [4.78, 5) is 1.17. The third-order valence-electron chi connectivity index (χ3n) is 0.914. The van der Waals surface area contributed by atoms with Crippen molar-refractivity contribution in [2.45, 2.75) is 6.92 Å². The highest BCUT2D eigenvalue weighted by atomic mass is 32.1. The van der Waals surface area contributed by atoms with E-state index in [4.69, 9.17) is 11.5 Å². The molecule has 0 saturated carbocycles. The molecule has 0 saturated heterocycles. The van der Waals surface area contributed by atoms with Gasteiger partial charge in [-0.25, -0.2) is 0 Å². The fourth-order valence-electron chi connectivity index (χ4n) is 0.552. The molecule has 1 aromatic rings. The second kappa shape index (κ2) is 1.67. The number of hydrogen-bond donors (Lipinski definition) is 2. The van der Waals surface area contributed by atoms with Gasteiger partial charge in [-0.2, -0.15) is 0 Å². The molecule has 4 N–H and O–H groups in total. The smallest absolute Gasteiger partial charge is 0.109 e. The lowest BCUT2D eigenvalue weighted by Gasteiger charge is -1.81. The molecule has 0 fully saturated rings. The van der Waals surface area contributed by atoms with E-state index < -0.39 is 0 Å². The first kappa shape index (κ1) is 5.44. The highest BCUT2D eigenvalue weighted by molar-refractivity contribution is 7.16. The number of thiophene rings is 1. The van der Waals surface area contributed by atoms with Crippen molar-refractivity contribution >= 4 is 22.0 Å². The van der Waals surface area contributed by atoms with E-state index in [2.05, 4.69) is 0 Å². The van der Waals surface area contributed by atoms with Gasteiger partial charge in [0, 0.05) is 4.88 Å². The minimum atomic E-state index is 0.701. The average molecular weight is 128 g/mol. The Balaban J connectivity index is 3.14. The van der Waals surface area contributed by atoms with E-state index in [-0.39, 0.29) is 0 Å². The van der Waals surface area contributed by atoms with Gasteiger partial charge in [-0.05, 0) is 13.0 Å². The molecule has 1 heterocycles. The molecule has 0 bridgehead atoms. The number of anilines is 2. The molecular formula is C5H8N2S. The molecule has 1 aromatic heterocycles. The van der Waals surface area contributed by atoms with E-state index in [1.807, 2.05) is 13.0 Å². The van der Waals surface area contributed by atoms with Crippen LogP contribution >= 0.6 is 11.3 Å². The van der Waals surface area contributed by atoms with Crippen molar-refractivity contribution in [2.75, 3.05) is 11.5 Å². The maximum Gasteiger partial charge on any atom is 0.109 e. The Bertz CT molecular complexity index is 173. The van der Waals surface area contributed by atoms with E-state index in [0.29, 0.717) is 5.69 Å². The van der Waals surface area contributed by atoms with Crippen LogP contribution in [-0.4, -0.2) is 0 Å². The Labute approximate surface area is 52.1 Å². The van der Waals surface area contributed by atoms with Crippen LogP contribution in [0.4, 0.5) is 10.7 Å². The predicted octanol–water partition coefficient (Wildman–Crippen LogP) is 1.22. The highest BCUT2D eigenvalue weighted by Gasteiger charge is 1.95. The Morgan fingerprint density at radius 2 is 2.12 bits per heavy atom.